The molecule has 0 radical (unpaired) electrons. The maximum Gasteiger partial charge on any atom is 0.236 e. The van der Waals surface area contributed by atoms with Crippen molar-refractivity contribution < 1.29 is 9.53 Å². The first kappa shape index (κ1) is 15.4. The van der Waals surface area contributed by atoms with Gasteiger partial charge >= 0.3 is 0 Å². The van der Waals surface area contributed by atoms with Crippen molar-refractivity contribution in [3.63, 3.8) is 0 Å². The number of hydrogen-bond donors (Lipinski definition) is 2. The van der Waals surface area contributed by atoms with Gasteiger partial charge in [0.05, 0.1) is 11.6 Å². The maximum atomic E-state index is 11.8. The van der Waals surface area contributed by atoms with E-state index in [1.807, 2.05) is 6.92 Å². The van der Waals surface area contributed by atoms with Crippen LogP contribution in [0.5, 0.6) is 0 Å². The third-order valence-corrected chi connectivity index (χ3v) is 3.84. The van der Waals surface area contributed by atoms with Crippen molar-refractivity contribution in [3.05, 3.63) is 0 Å². The standard InChI is InChI=1S/C14H28N2O2/c1-11(2)6-9-15-13(17)12(3)16-10-14(18-4)7-5-8-14/h11-12,16H,5-10H2,1-4H3,(H,15,17). The molecule has 1 atom stereocenters. The topological polar surface area (TPSA) is 50.4 Å². The number of carbonyl (C=O) groups excluding carboxylic acids is 1. The molecule has 106 valence electrons. The van der Waals surface area contributed by atoms with Gasteiger partial charge in [-0.2, -0.15) is 0 Å². The smallest absolute Gasteiger partial charge is 0.236 e. The first-order chi connectivity index (χ1) is 8.49. The molecule has 0 aliphatic heterocycles. The summed E-state index contributed by atoms with van der Waals surface area (Å²) in [5.74, 6) is 0.710. The summed E-state index contributed by atoms with van der Waals surface area (Å²) in [6, 6.07) is -0.148. The van der Waals surface area contributed by atoms with Crippen LogP contribution in [0.1, 0.15) is 46.5 Å². The van der Waals surface area contributed by atoms with E-state index in [1.165, 1.54) is 6.42 Å². The molecular formula is C14H28N2O2. The summed E-state index contributed by atoms with van der Waals surface area (Å²) in [5, 5.41) is 6.24. The minimum Gasteiger partial charge on any atom is -0.377 e. The molecule has 1 aliphatic rings. The number of amides is 1. The highest BCUT2D eigenvalue weighted by atomic mass is 16.5. The van der Waals surface area contributed by atoms with Gasteiger partial charge in [-0.15, -0.1) is 0 Å². The Hall–Kier alpha value is -0.610. The second kappa shape index (κ2) is 7.10. The van der Waals surface area contributed by atoms with Crippen molar-refractivity contribution in [2.24, 2.45) is 5.92 Å². The lowest BCUT2D eigenvalue weighted by Crippen LogP contribution is -2.53. The second-order valence-corrected chi connectivity index (χ2v) is 5.82. The van der Waals surface area contributed by atoms with Crippen molar-refractivity contribution in [2.45, 2.75) is 58.1 Å². The first-order valence-electron chi connectivity index (χ1n) is 7.05. The van der Waals surface area contributed by atoms with Crippen molar-refractivity contribution in [1.29, 1.82) is 0 Å². The van der Waals surface area contributed by atoms with Crippen molar-refractivity contribution in [2.75, 3.05) is 20.2 Å². The van der Waals surface area contributed by atoms with Gasteiger partial charge in [0.15, 0.2) is 0 Å². The van der Waals surface area contributed by atoms with Crippen molar-refractivity contribution in [1.82, 2.24) is 10.6 Å². The predicted octanol–water partition coefficient (Wildman–Crippen LogP) is 1.70. The molecule has 0 spiro atoms. The van der Waals surface area contributed by atoms with Crippen LogP contribution in [0.3, 0.4) is 0 Å². The van der Waals surface area contributed by atoms with Crippen LogP contribution in [-0.2, 0) is 9.53 Å². The number of hydrogen-bond acceptors (Lipinski definition) is 3. The number of nitrogens with one attached hydrogen (secondary N) is 2. The molecule has 0 aromatic heterocycles. The summed E-state index contributed by atoms with van der Waals surface area (Å²) in [6.45, 7) is 7.76. The van der Waals surface area contributed by atoms with Gasteiger partial charge in [0.25, 0.3) is 0 Å². The molecule has 1 fully saturated rings. The highest BCUT2D eigenvalue weighted by molar-refractivity contribution is 5.81. The van der Waals surface area contributed by atoms with Crippen LogP contribution < -0.4 is 10.6 Å². The SMILES string of the molecule is COC1(CNC(C)C(=O)NCCC(C)C)CCC1. The molecule has 0 heterocycles. The zero-order chi connectivity index (χ0) is 13.6. The van der Waals surface area contributed by atoms with Crippen LogP contribution in [-0.4, -0.2) is 37.7 Å². The Morgan fingerprint density at radius 2 is 2.00 bits per heavy atom. The van der Waals surface area contributed by atoms with Gasteiger partial charge < -0.3 is 15.4 Å². The normalized spacial score (nSPS) is 19.4. The van der Waals surface area contributed by atoms with E-state index in [4.69, 9.17) is 4.74 Å². The van der Waals surface area contributed by atoms with Gasteiger partial charge in [-0.25, -0.2) is 0 Å². The van der Waals surface area contributed by atoms with Crippen LogP contribution in [0.15, 0.2) is 0 Å². The number of rotatable bonds is 8. The lowest BCUT2D eigenvalue weighted by molar-refractivity contribution is -0.123. The molecule has 1 amide bonds. The Bertz CT molecular complexity index is 257. The lowest BCUT2D eigenvalue weighted by atomic mass is 9.80. The van der Waals surface area contributed by atoms with E-state index in [0.29, 0.717) is 5.92 Å². The summed E-state index contributed by atoms with van der Waals surface area (Å²) in [7, 11) is 1.76. The van der Waals surface area contributed by atoms with Gasteiger partial charge in [-0.1, -0.05) is 13.8 Å². The minimum atomic E-state index is -0.148. The monoisotopic (exact) mass is 256 g/mol. The third kappa shape index (κ3) is 4.58. The zero-order valence-corrected chi connectivity index (χ0v) is 12.2. The Labute approximate surface area is 111 Å². The zero-order valence-electron chi connectivity index (χ0n) is 12.2. The van der Waals surface area contributed by atoms with E-state index in [9.17, 15) is 4.79 Å². The molecule has 4 heteroatoms. The van der Waals surface area contributed by atoms with Gasteiger partial charge in [-0.3, -0.25) is 4.79 Å². The van der Waals surface area contributed by atoms with E-state index in [-0.39, 0.29) is 17.6 Å². The minimum absolute atomic E-state index is 0.0214. The highest BCUT2D eigenvalue weighted by Gasteiger charge is 2.37. The second-order valence-electron chi connectivity index (χ2n) is 5.82. The highest BCUT2D eigenvalue weighted by Crippen LogP contribution is 2.34. The van der Waals surface area contributed by atoms with E-state index in [2.05, 4.69) is 24.5 Å². The summed E-state index contributed by atoms with van der Waals surface area (Å²) < 4.78 is 5.52. The Kier molecular flexibility index (Phi) is 6.09. The maximum absolute atomic E-state index is 11.8. The first-order valence-corrected chi connectivity index (χ1v) is 7.05. The van der Waals surface area contributed by atoms with Crippen LogP contribution in [0.2, 0.25) is 0 Å². The van der Waals surface area contributed by atoms with Gasteiger partial charge in [0.2, 0.25) is 5.91 Å². The molecule has 0 saturated heterocycles. The fourth-order valence-corrected chi connectivity index (χ4v) is 2.09. The van der Waals surface area contributed by atoms with Gasteiger partial charge in [-0.05, 0) is 38.5 Å². The van der Waals surface area contributed by atoms with Crippen LogP contribution >= 0.6 is 0 Å². The molecular weight excluding hydrogens is 228 g/mol. The van der Waals surface area contributed by atoms with E-state index >= 15 is 0 Å². The Morgan fingerprint density at radius 3 is 2.44 bits per heavy atom. The molecule has 4 nitrogen and oxygen atoms in total. The summed E-state index contributed by atoms with van der Waals surface area (Å²) >= 11 is 0. The van der Waals surface area contributed by atoms with E-state index in [0.717, 1.165) is 32.4 Å². The summed E-state index contributed by atoms with van der Waals surface area (Å²) in [6.07, 6.45) is 4.45. The predicted molar refractivity (Wildman–Crippen MR) is 73.5 cm³/mol. The fourth-order valence-electron chi connectivity index (χ4n) is 2.09. The van der Waals surface area contributed by atoms with Gasteiger partial charge in [0.1, 0.15) is 0 Å². The van der Waals surface area contributed by atoms with Crippen molar-refractivity contribution in [3.8, 4) is 0 Å². The van der Waals surface area contributed by atoms with Crippen LogP contribution in [0, 0.1) is 5.92 Å². The number of carbonyl (C=O) groups is 1. The molecule has 1 aliphatic carbocycles. The Balaban J connectivity index is 2.19. The molecule has 1 saturated carbocycles. The largest absolute Gasteiger partial charge is 0.377 e. The fraction of sp³-hybridized carbons (Fsp3) is 0.929. The molecule has 0 aromatic rings. The van der Waals surface area contributed by atoms with Crippen LogP contribution in [0.4, 0.5) is 0 Å². The molecule has 0 aromatic carbocycles. The lowest BCUT2D eigenvalue weighted by Gasteiger charge is -2.41. The molecule has 1 unspecified atom stereocenters. The third-order valence-electron chi connectivity index (χ3n) is 3.84. The average Bonchev–Trinajstić information content (AvgIpc) is 2.27. The quantitative estimate of drug-likeness (QED) is 0.695. The Morgan fingerprint density at radius 1 is 1.33 bits per heavy atom. The molecule has 2 N–H and O–H groups in total. The average molecular weight is 256 g/mol. The van der Waals surface area contributed by atoms with Crippen LogP contribution in [0.25, 0.3) is 0 Å². The summed E-state index contributed by atoms with van der Waals surface area (Å²) in [4.78, 5) is 11.8. The molecule has 18 heavy (non-hydrogen) atoms. The number of ether oxygens (including phenoxy) is 1. The molecule has 0 bridgehead atoms. The molecule has 1 rings (SSSR count). The van der Waals surface area contributed by atoms with E-state index < -0.39 is 0 Å². The summed E-state index contributed by atoms with van der Waals surface area (Å²) in [5.41, 5.74) is -0.0214. The van der Waals surface area contributed by atoms with E-state index in [1.54, 1.807) is 7.11 Å². The van der Waals surface area contributed by atoms with Crippen molar-refractivity contribution >= 4 is 5.91 Å². The van der Waals surface area contributed by atoms with Gasteiger partial charge in [0, 0.05) is 20.2 Å². The number of methoxy groups -OCH3 is 1.